The minimum atomic E-state index is 0.183. The second-order valence-corrected chi connectivity index (χ2v) is 7.23. The average Bonchev–Trinajstić information content (AvgIpc) is 3.05. The lowest BCUT2D eigenvalue weighted by Gasteiger charge is -2.20. The Labute approximate surface area is 121 Å². The average molecular weight is 277 g/mol. The predicted octanol–water partition coefficient (Wildman–Crippen LogP) is 3.82. The van der Waals surface area contributed by atoms with Crippen molar-refractivity contribution in [2.45, 2.75) is 45.4 Å². The number of thiocarbonyl (C=S) groups is 1. The van der Waals surface area contributed by atoms with Crippen molar-refractivity contribution in [3.63, 3.8) is 0 Å². The fraction of sp³-hybridized carbons (Fsp3) is 0.562. The zero-order valence-corrected chi connectivity index (χ0v) is 12.8. The lowest BCUT2D eigenvalue weighted by atomic mass is 9.87. The number of hydrogen-bond donors (Lipinski definition) is 1. The van der Waals surface area contributed by atoms with E-state index in [4.69, 9.17) is 22.7 Å². The fourth-order valence-corrected chi connectivity index (χ4v) is 2.51. The molecule has 1 fully saturated rings. The molecular weight excluding hydrogens is 254 g/mol. The van der Waals surface area contributed by atoms with Gasteiger partial charge in [-0.05, 0) is 36.0 Å². The van der Waals surface area contributed by atoms with E-state index in [0.717, 1.165) is 18.8 Å². The standard InChI is InChI=1S/C16H23NOS/c1-15(2,3)12-4-6-13(7-5-12)18-11-16(8-9-16)10-14(17)19/h4-7H,8-11H2,1-3H3,(H2,17,19). The van der Waals surface area contributed by atoms with Crippen LogP contribution in [0.15, 0.2) is 24.3 Å². The van der Waals surface area contributed by atoms with E-state index in [1.807, 2.05) is 0 Å². The first kappa shape index (κ1) is 14.3. The van der Waals surface area contributed by atoms with Gasteiger partial charge in [0.25, 0.3) is 0 Å². The molecule has 0 bridgehead atoms. The molecule has 2 nitrogen and oxygen atoms in total. The molecule has 1 aliphatic carbocycles. The van der Waals surface area contributed by atoms with Crippen molar-refractivity contribution in [3.05, 3.63) is 29.8 Å². The molecule has 0 heterocycles. The Morgan fingerprint density at radius 3 is 2.26 bits per heavy atom. The summed E-state index contributed by atoms with van der Waals surface area (Å²) >= 11 is 4.99. The number of hydrogen-bond acceptors (Lipinski definition) is 2. The first-order valence-corrected chi connectivity index (χ1v) is 7.23. The number of rotatable bonds is 5. The van der Waals surface area contributed by atoms with Gasteiger partial charge in [0.15, 0.2) is 0 Å². The maximum absolute atomic E-state index is 5.89. The monoisotopic (exact) mass is 277 g/mol. The maximum atomic E-state index is 5.89. The van der Waals surface area contributed by atoms with E-state index < -0.39 is 0 Å². The number of benzene rings is 1. The van der Waals surface area contributed by atoms with Crippen LogP contribution in [0.2, 0.25) is 0 Å². The van der Waals surface area contributed by atoms with Crippen molar-refractivity contribution in [2.75, 3.05) is 6.61 Å². The molecule has 0 saturated heterocycles. The highest BCUT2D eigenvalue weighted by molar-refractivity contribution is 7.80. The molecule has 1 aliphatic rings. The van der Waals surface area contributed by atoms with E-state index in [1.54, 1.807) is 0 Å². The zero-order chi connectivity index (χ0) is 14.1. The molecule has 2 rings (SSSR count). The fourth-order valence-electron chi connectivity index (χ4n) is 2.21. The van der Waals surface area contributed by atoms with Crippen LogP contribution in [0.4, 0.5) is 0 Å². The van der Waals surface area contributed by atoms with Crippen LogP contribution in [-0.4, -0.2) is 11.6 Å². The zero-order valence-electron chi connectivity index (χ0n) is 12.0. The minimum Gasteiger partial charge on any atom is -0.493 e. The van der Waals surface area contributed by atoms with Crippen LogP contribution >= 0.6 is 12.2 Å². The summed E-state index contributed by atoms with van der Waals surface area (Å²) in [5.74, 6) is 0.933. The third kappa shape index (κ3) is 3.93. The van der Waals surface area contributed by atoms with Gasteiger partial charge in [-0.2, -0.15) is 0 Å². The van der Waals surface area contributed by atoms with Crippen molar-refractivity contribution >= 4 is 17.2 Å². The second-order valence-electron chi connectivity index (χ2n) is 6.71. The molecule has 2 N–H and O–H groups in total. The highest BCUT2D eigenvalue weighted by atomic mass is 32.1. The Kier molecular flexibility index (Phi) is 3.86. The Morgan fingerprint density at radius 2 is 1.84 bits per heavy atom. The molecule has 0 amide bonds. The van der Waals surface area contributed by atoms with Crippen molar-refractivity contribution in [2.24, 2.45) is 11.1 Å². The van der Waals surface area contributed by atoms with Gasteiger partial charge in [-0.25, -0.2) is 0 Å². The normalized spacial score (nSPS) is 17.0. The lowest BCUT2D eigenvalue weighted by Crippen LogP contribution is -2.21. The van der Waals surface area contributed by atoms with E-state index in [9.17, 15) is 0 Å². The van der Waals surface area contributed by atoms with Gasteiger partial charge in [0.05, 0.1) is 11.6 Å². The van der Waals surface area contributed by atoms with E-state index in [1.165, 1.54) is 18.4 Å². The molecule has 1 saturated carbocycles. The maximum Gasteiger partial charge on any atom is 0.119 e. The van der Waals surface area contributed by atoms with E-state index in [0.29, 0.717) is 4.99 Å². The topological polar surface area (TPSA) is 35.2 Å². The Bertz CT molecular complexity index is 455. The molecule has 3 heteroatoms. The molecular formula is C16H23NOS. The first-order valence-electron chi connectivity index (χ1n) is 6.82. The number of ether oxygens (including phenoxy) is 1. The van der Waals surface area contributed by atoms with Gasteiger partial charge in [-0.3, -0.25) is 0 Å². The van der Waals surface area contributed by atoms with Gasteiger partial charge in [0, 0.05) is 11.8 Å². The van der Waals surface area contributed by atoms with Gasteiger partial charge in [0.1, 0.15) is 5.75 Å². The summed E-state index contributed by atoms with van der Waals surface area (Å²) in [5.41, 5.74) is 7.35. The van der Waals surface area contributed by atoms with Crippen LogP contribution in [0.25, 0.3) is 0 Å². The van der Waals surface area contributed by atoms with Gasteiger partial charge >= 0.3 is 0 Å². The lowest BCUT2D eigenvalue weighted by molar-refractivity contribution is 0.239. The third-order valence-corrected chi connectivity index (χ3v) is 3.92. The van der Waals surface area contributed by atoms with Crippen LogP contribution in [-0.2, 0) is 5.41 Å². The van der Waals surface area contributed by atoms with Gasteiger partial charge in [-0.15, -0.1) is 0 Å². The van der Waals surface area contributed by atoms with E-state index in [-0.39, 0.29) is 10.8 Å². The molecule has 0 atom stereocenters. The van der Waals surface area contributed by atoms with Crippen molar-refractivity contribution < 1.29 is 4.74 Å². The highest BCUT2D eigenvalue weighted by Crippen LogP contribution is 2.49. The molecule has 104 valence electrons. The quantitative estimate of drug-likeness (QED) is 0.831. The Balaban J connectivity index is 1.92. The molecule has 0 unspecified atom stereocenters. The summed E-state index contributed by atoms with van der Waals surface area (Å²) in [5, 5.41) is 0. The van der Waals surface area contributed by atoms with Crippen LogP contribution in [0, 0.1) is 5.41 Å². The summed E-state index contributed by atoms with van der Waals surface area (Å²) in [4.78, 5) is 0.601. The molecule has 0 aromatic heterocycles. The second kappa shape index (κ2) is 5.12. The van der Waals surface area contributed by atoms with Gasteiger partial charge in [0.2, 0.25) is 0 Å². The minimum absolute atomic E-state index is 0.183. The number of nitrogens with two attached hydrogens (primary N) is 1. The summed E-state index contributed by atoms with van der Waals surface area (Å²) < 4.78 is 5.89. The van der Waals surface area contributed by atoms with Gasteiger partial charge < -0.3 is 10.5 Å². The van der Waals surface area contributed by atoms with Crippen LogP contribution in [0.1, 0.15) is 45.6 Å². The Hall–Kier alpha value is -1.09. The molecule has 1 aromatic carbocycles. The summed E-state index contributed by atoms with van der Waals surface area (Å²) in [7, 11) is 0. The molecule has 1 aromatic rings. The molecule has 0 aliphatic heterocycles. The van der Waals surface area contributed by atoms with E-state index >= 15 is 0 Å². The highest BCUT2D eigenvalue weighted by Gasteiger charge is 2.43. The van der Waals surface area contributed by atoms with Crippen LogP contribution in [0.5, 0.6) is 5.75 Å². The van der Waals surface area contributed by atoms with Crippen molar-refractivity contribution in [3.8, 4) is 5.75 Å². The largest absolute Gasteiger partial charge is 0.493 e. The molecule has 0 radical (unpaired) electrons. The van der Waals surface area contributed by atoms with Crippen LogP contribution in [0.3, 0.4) is 0 Å². The van der Waals surface area contributed by atoms with Crippen molar-refractivity contribution in [1.82, 2.24) is 0 Å². The predicted molar refractivity (Wildman–Crippen MR) is 83.7 cm³/mol. The third-order valence-electron chi connectivity index (χ3n) is 3.77. The van der Waals surface area contributed by atoms with E-state index in [2.05, 4.69) is 45.0 Å². The van der Waals surface area contributed by atoms with Gasteiger partial charge in [-0.1, -0.05) is 45.1 Å². The first-order chi connectivity index (χ1) is 8.81. The van der Waals surface area contributed by atoms with Crippen LogP contribution < -0.4 is 10.5 Å². The molecule has 0 spiro atoms. The van der Waals surface area contributed by atoms with Crippen molar-refractivity contribution in [1.29, 1.82) is 0 Å². The molecule has 19 heavy (non-hydrogen) atoms. The summed E-state index contributed by atoms with van der Waals surface area (Å²) in [6.45, 7) is 7.36. The Morgan fingerprint density at radius 1 is 1.26 bits per heavy atom. The summed E-state index contributed by atoms with van der Waals surface area (Å²) in [6.07, 6.45) is 3.15. The summed E-state index contributed by atoms with van der Waals surface area (Å²) in [6, 6.07) is 8.39. The smallest absolute Gasteiger partial charge is 0.119 e. The SMILES string of the molecule is CC(C)(C)c1ccc(OCC2(CC(N)=S)CC2)cc1.